The Kier molecular flexibility index (Phi) is 4.25. The van der Waals surface area contributed by atoms with E-state index in [0.29, 0.717) is 11.5 Å². The fourth-order valence-electron chi connectivity index (χ4n) is 3.16. The molecule has 0 unspecified atom stereocenters. The van der Waals surface area contributed by atoms with Crippen molar-refractivity contribution in [2.75, 3.05) is 25.0 Å². The third kappa shape index (κ3) is 3.20. The maximum atomic E-state index is 11.8. The Morgan fingerprint density at radius 2 is 2.41 bits per heavy atom. The highest BCUT2D eigenvalue weighted by molar-refractivity contribution is 5.78. The topological polar surface area (TPSA) is 78.3 Å². The number of likely N-dealkylation sites (tertiary alicyclic amines) is 1. The minimum atomic E-state index is -0.0742. The quantitative estimate of drug-likeness (QED) is 0.847. The van der Waals surface area contributed by atoms with Gasteiger partial charge >= 0.3 is 5.97 Å². The molecule has 6 nitrogen and oxygen atoms in total. The number of aromatic nitrogens is 1. The Morgan fingerprint density at radius 1 is 1.55 bits per heavy atom. The largest absolute Gasteiger partial charge is 0.461 e. The monoisotopic (exact) mass is 300 g/mol. The molecule has 2 aliphatic rings. The van der Waals surface area contributed by atoms with Crippen LogP contribution in [0.1, 0.15) is 25.3 Å². The first-order valence-electron chi connectivity index (χ1n) is 7.70. The van der Waals surface area contributed by atoms with Crippen LogP contribution in [0.2, 0.25) is 0 Å². The van der Waals surface area contributed by atoms with Gasteiger partial charge in [0.05, 0.1) is 5.56 Å². The molecule has 1 N–H and O–H groups in total. The molecule has 1 aromatic heterocycles. The van der Waals surface area contributed by atoms with Gasteiger partial charge in [-0.2, -0.15) is 5.26 Å². The van der Waals surface area contributed by atoms with Crippen molar-refractivity contribution in [1.29, 1.82) is 5.26 Å². The third-order valence-corrected chi connectivity index (χ3v) is 4.37. The summed E-state index contributed by atoms with van der Waals surface area (Å²) in [4.78, 5) is 18.3. The lowest BCUT2D eigenvalue weighted by atomic mass is 10.1. The zero-order valence-electron chi connectivity index (χ0n) is 12.7. The number of cyclic esters (lactones) is 1. The third-order valence-electron chi connectivity index (χ3n) is 4.37. The maximum Gasteiger partial charge on any atom is 0.323 e. The van der Waals surface area contributed by atoms with Gasteiger partial charge in [0.15, 0.2) is 0 Å². The minimum absolute atomic E-state index is 0.0394. The van der Waals surface area contributed by atoms with Gasteiger partial charge in [0.1, 0.15) is 24.0 Å². The first kappa shape index (κ1) is 14.8. The van der Waals surface area contributed by atoms with Gasteiger partial charge in [-0.05, 0) is 37.9 Å². The molecule has 2 saturated heterocycles. The smallest absolute Gasteiger partial charge is 0.323 e. The molecule has 2 aliphatic heterocycles. The zero-order valence-corrected chi connectivity index (χ0v) is 12.7. The average Bonchev–Trinajstić information content (AvgIpc) is 3.12. The normalized spacial score (nSPS) is 28.4. The van der Waals surface area contributed by atoms with E-state index >= 15 is 0 Å². The van der Waals surface area contributed by atoms with Crippen LogP contribution in [-0.2, 0) is 9.53 Å². The summed E-state index contributed by atoms with van der Waals surface area (Å²) < 4.78 is 5.24. The molecule has 116 valence electrons. The molecule has 0 aromatic carbocycles. The number of nitriles is 1. The Balaban J connectivity index is 1.49. The Hall–Kier alpha value is -2.13. The number of ether oxygens (including phenoxy) is 1. The summed E-state index contributed by atoms with van der Waals surface area (Å²) >= 11 is 0. The van der Waals surface area contributed by atoms with Crippen molar-refractivity contribution in [1.82, 2.24) is 9.88 Å². The van der Waals surface area contributed by atoms with E-state index in [2.05, 4.69) is 21.3 Å². The fourth-order valence-corrected chi connectivity index (χ4v) is 3.16. The molecule has 6 heteroatoms. The standard InChI is InChI=1S/C16H20N4O2/c1-11-6-14(16(21)22-11)20-5-4-13(10-20)9-19-15-3-2-12(7-17)8-18-15/h2-3,8,11,13-14H,4-6,9-10H2,1H3,(H,18,19)/t11-,13+,14+/m1/s1. The van der Waals surface area contributed by atoms with Gasteiger partial charge in [0.2, 0.25) is 0 Å². The minimum Gasteiger partial charge on any atom is -0.461 e. The summed E-state index contributed by atoms with van der Waals surface area (Å²) in [5, 5.41) is 12.1. The number of pyridine rings is 1. The lowest BCUT2D eigenvalue weighted by Crippen LogP contribution is -2.37. The van der Waals surface area contributed by atoms with Crippen LogP contribution in [0, 0.1) is 17.2 Å². The van der Waals surface area contributed by atoms with Crippen molar-refractivity contribution in [3.63, 3.8) is 0 Å². The van der Waals surface area contributed by atoms with Crippen LogP contribution in [0.5, 0.6) is 0 Å². The molecule has 0 aliphatic carbocycles. The van der Waals surface area contributed by atoms with Gasteiger partial charge in [0, 0.05) is 25.7 Å². The Bertz CT molecular complexity index is 581. The molecule has 0 saturated carbocycles. The fraction of sp³-hybridized carbons (Fsp3) is 0.562. The van der Waals surface area contributed by atoms with Crippen LogP contribution < -0.4 is 5.32 Å². The number of nitrogens with one attached hydrogen (secondary N) is 1. The first-order chi connectivity index (χ1) is 10.7. The van der Waals surface area contributed by atoms with E-state index in [1.165, 1.54) is 0 Å². The second-order valence-electron chi connectivity index (χ2n) is 6.07. The van der Waals surface area contributed by atoms with Gasteiger partial charge in [-0.1, -0.05) is 0 Å². The van der Waals surface area contributed by atoms with E-state index in [-0.39, 0.29) is 18.1 Å². The summed E-state index contributed by atoms with van der Waals surface area (Å²) in [5.74, 6) is 1.21. The molecule has 1 aromatic rings. The number of hydrogen-bond acceptors (Lipinski definition) is 6. The van der Waals surface area contributed by atoms with Crippen molar-refractivity contribution in [3.05, 3.63) is 23.9 Å². The summed E-state index contributed by atoms with van der Waals surface area (Å²) in [5.41, 5.74) is 0.562. The lowest BCUT2D eigenvalue weighted by molar-refractivity contribution is -0.144. The number of hydrogen-bond donors (Lipinski definition) is 1. The van der Waals surface area contributed by atoms with Gasteiger partial charge in [0.25, 0.3) is 0 Å². The van der Waals surface area contributed by atoms with Crippen LogP contribution in [0.25, 0.3) is 0 Å². The van der Waals surface area contributed by atoms with E-state index in [4.69, 9.17) is 10.00 Å². The molecule has 0 spiro atoms. The number of carbonyl (C=O) groups excluding carboxylic acids is 1. The highest BCUT2D eigenvalue weighted by atomic mass is 16.6. The molecular weight excluding hydrogens is 280 g/mol. The molecule has 3 rings (SSSR count). The van der Waals surface area contributed by atoms with Crippen LogP contribution in [-0.4, -0.2) is 47.6 Å². The van der Waals surface area contributed by atoms with E-state index in [9.17, 15) is 4.79 Å². The lowest BCUT2D eigenvalue weighted by Gasteiger charge is -2.20. The highest BCUT2D eigenvalue weighted by Gasteiger charge is 2.39. The molecule has 3 atom stereocenters. The van der Waals surface area contributed by atoms with Crippen LogP contribution in [0.4, 0.5) is 5.82 Å². The average molecular weight is 300 g/mol. The van der Waals surface area contributed by atoms with Crippen molar-refractivity contribution < 1.29 is 9.53 Å². The maximum absolute atomic E-state index is 11.8. The van der Waals surface area contributed by atoms with E-state index < -0.39 is 0 Å². The predicted octanol–water partition coefficient (Wildman–Crippen LogP) is 1.39. The summed E-state index contributed by atoms with van der Waals surface area (Å²) in [6.07, 6.45) is 3.48. The SMILES string of the molecule is C[C@@H]1C[C@H](N2CC[C@@H](CNc3ccc(C#N)cn3)C2)C(=O)O1. The summed E-state index contributed by atoms with van der Waals surface area (Å²) in [7, 11) is 0. The molecular formula is C16H20N4O2. The van der Waals surface area contributed by atoms with Gasteiger partial charge in [-0.3, -0.25) is 9.69 Å². The first-order valence-corrected chi connectivity index (χ1v) is 7.70. The van der Waals surface area contributed by atoms with Crippen molar-refractivity contribution in [3.8, 4) is 6.07 Å². The second kappa shape index (κ2) is 6.32. The van der Waals surface area contributed by atoms with Crippen molar-refractivity contribution >= 4 is 11.8 Å². The van der Waals surface area contributed by atoms with Crippen LogP contribution >= 0.6 is 0 Å². The van der Waals surface area contributed by atoms with Crippen LogP contribution in [0.3, 0.4) is 0 Å². The molecule has 2 fully saturated rings. The number of esters is 1. The van der Waals surface area contributed by atoms with E-state index in [1.54, 1.807) is 12.3 Å². The predicted molar refractivity (Wildman–Crippen MR) is 81.1 cm³/mol. The Labute approximate surface area is 130 Å². The second-order valence-corrected chi connectivity index (χ2v) is 6.07. The van der Waals surface area contributed by atoms with Gasteiger partial charge in [-0.15, -0.1) is 0 Å². The molecule has 3 heterocycles. The number of rotatable bonds is 4. The van der Waals surface area contributed by atoms with E-state index in [1.807, 2.05) is 13.0 Å². The Morgan fingerprint density at radius 3 is 3.05 bits per heavy atom. The summed E-state index contributed by atoms with van der Waals surface area (Å²) in [6, 6.07) is 5.57. The molecule has 22 heavy (non-hydrogen) atoms. The van der Waals surface area contributed by atoms with Crippen molar-refractivity contribution in [2.45, 2.75) is 31.9 Å². The van der Waals surface area contributed by atoms with Crippen LogP contribution in [0.15, 0.2) is 18.3 Å². The van der Waals surface area contributed by atoms with Gasteiger partial charge < -0.3 is 10.1 Å². The number of carbonyl (C=O) groups is 1. The number of nitrogens with zero attached hydrogens (tertiary/aromatic N) is 3. The van der Waals surface area contributed by atoms with E-state index in [0.717, 1.165) is 38.3 Å². The molecule has 0 bridgehead atoms. The van der Waals surface area contributed by atoms with Gasteiger partial charge in [-0.25, -0.2) is 4.98 Å². The van der Waals surface area contributed by atoms with Crippen molar-refractivity contribution in [2.24, 2.45) is 5.92 Å². The molecule has 0 amide bonds. The summed E-state index contributed by atoms with van der Waals surface area (Å²) in [6.45, 7) is 4.63. The highest BCUT2D eigenvalue weighted by Crippen LogP contribution is 2.26. The number of anilines is 1. The zero-order chi connectivity index (χ0) is 15.5. The molecule has 0 radical (unpaired) electrons.